The fraction of sp³-hybridized carbons (Fsp3) is 0.636. The number of carbonyl (C=O) groups excluding carboxylic acids is 1. The van der Waals surface area contributed by atoms with Gasteiger partial charge in [0.25, 0.3) is 5.56 Å². The zero-order chi connectivity index (χ0) is 11.9. The van der Waals surface area contributed by atoms with Crippen molar-refractivity contribution >= 4 is 5.91 Å². The fourth-order valence-electron chi connectivity index (χ4n) is 2.06. The number of fused-ring (bicyclic) bond motifs is 1. The number of rotatable bonds is 1. The number of nitrogens with zero attached hydrogens (tertiary/aromatic N) is 2. The third kappa shape index (κ3) is 1.66. The van der Waals surface area contributed by atoms with Crippen LogP contribution < -0.4 is 5.56 Å². The van der Waals surface area contributed by atoms with Crippen molar-refractivity contribution in [1.82, 2.24) is 14.7 Å². The topological polar surface area (TPSA) is 58.1 Å². The smallest absolute Gasteiger partial charge is 0.271 e. The molecular formula is C11H17N3O2. The second-order valence-corrected chi connectivity index (χ2v) is 4.53. The molecule has 1 aromatic heterocycles. The third-order valence-corrected chi connectivity index (χ3v) is 3.04. The molecule has 1 aliphatic heterocycles. The van der Waals surface area contributed by atoms with Crippen molar-refractivity contribution in [3.05, 3.63) is 21.6 Å². The number of H-pyrrole nitrogens is 1. The van der Waals surface area contributed by atoms with Gasteiger partial charge in [-0.3, -0.25) is 19.4 Å². The minimum atomic E-state index is 0.0101. The van der Waals surface area contributed by atoms with Crippen LogP contribution in [0.3, 0.4) is 0 Å². The minimum Gasteiger partial charge on any atom is -0.338 e. The number of aromatic nitrogens is 2. The standard InChI is InChI=1S/C11H17N3O2/c1-7(2)14-11(16)9-6-13(8(3)15)5-4-10(9)12-14/h7,12H,4-6H2,1-3H3. The Hall–Kier alpha value is -1.52. The predicted molar refractivity (Wildman–Crippen MR) is 60.2 cm³/mol. The van der Waals surface area contributed by atoms with Crippen LogP contribution in [-0.2, 0) is 17.8 Å². The van der Waals surface area contributed by atoms with E-state index in [-0.39, 0.29) is 17.5 Å². The Bertz CT molecular complexity index is 470. The zero-order valence-electron chi connectivity index (χ0n) is 9.91. The molecule has 0 aliphatic carbocycles. The van der Waals surface area contributed by atoms with Crippen molar-refractivity contribution in [2.24, 2.45) is 0 Å². The van der Waals surface area contributed by atoms with Crippen molar-refractivity contribution in [3.63, 3.8) is 0 Å². The maximum absolute atomic E-state index is 12.0. The summed E-state index contributed by atoms with van der Waals surface area (Å²) >= 11 is 0. The molecule has 0 unspecified atom stereocenters. The summed E-state index contributed by atoms with van der Waals surface area (Å²) in [5, 5.41) is 3.13. The SMILES string of the molecule is CC(=O)N1CCc2[nH]n(C(C)C)c(=O)c2C1. The lowest BCUT2D eigenvalue weighted by Gasteiger charge is -2.24. The molecule has 1 N–H and O–H groups in total. The van der Waals surface area contributed by atoms with Gasteiger partial charge in [0.1, 0.15) is 0 Å². The van der Waals surface area contributed by atoms with Gasteiger partial charge in [0.15, 0.2) is 0 Å². The molecule has 0 spiro atoms. The van der Waals surface area contributed by atoms with Crippen molar-refractivity contribution in [2.75, 3.05) is 6.54 Å². The summed E-state index contributed by atoms with van der Waals surface area (Å²) in [4.78, 5) is 25.0. The van der Waals surface area contributed by atoms with Gasteiger partial charge in [-0.1, -0.05) is 0 Å². The molecule has 0 atom stereocenters. The van der Waals surface area contributed by atoms with Gasteiger partial charge in [0, 0.05) is 31.6 Å². The maximum Gasteiger partial charge on any atom is 0.271 e. The highest BCUT2D eigenvalue weighted by atomic mass is 16.2. The van der Waals surface area contributed by atoms with Crippen LogP contribution in [0.25, 0.3) is 0 Å². The monoisotopic (exact) mass is 223 g/mol. The molecule has 0 saturated carbocycles. The van der Waals surface area contributed by atoms with Gasteiger partial charge >= 0.3 is 0 Å². The highest BCUT2D eigenvalue weighted by molar-refractivity contribution is 5.73. The maximum atomic E-state index is 12.0. The molecule has 5 nitrogen and oxygen atoms in total. The average molecular weight is 223 g/mol. The zero-order valence-corrected chi connectivity index (χ0v) is 9.91. The summed E-state index contributed by atoms with van der Waals surface area (Å²) in [7, 11) is 0. The largest absolute Gasteiger partial charge is 0.338 e. The number of amides is 1. The predicted octanol–water partition coefficient (Wildman–Crippen LogP) is 0.662. The van der Waals surface area contributed by atoms with E-state index in [0.29, 0.717) is 13.1 Å². The summed E-state index contributed by atoms with van der Waals surface area (Å²) in [6.45, 7) is 6.61. The Kier molecular flexibility index (Phi) is 2.61. The molecule has 1 amide bonds. The molecule has 0 aromatic carbocycles. The number of nitrogens with one attached hydrogen (secondary N) is 1. The number of hydrogen-bond acceptors (Lipinski definition) is 2. The van der Waals surface area contributed by atoms with E-state index in [0.717, 1.165) is 17.7 Å². The third-order valence-electron chi connectivity index (χ3n) is 3.04. The van der Waals surface area contributed by atoms with Gasteiger partial charge in [-0.2, -0.15) is 0 Å². The summed E-state index contributed by atoms with van der Waals surface area (Å²) in [5.74, 6) is 0.0300. The molecule has 1 aliphatic rings. The molecule has 0 bridgehead atoms. The van der Waals surface area contributed by atoms with Crippen LogP contribution in [0.1, 0.15) is 38.1 Å². The quantitative estimate of drug-likeness (QED) is 0.760. The lowest BCUT2D eigenvalue weighted by atomic mass is 10.1. The lowest BCUT2D eigenvalue weighted by molar-refractivity contribution is -0.129. The Morgan fingerprint density at radius 2 is 2.12 bits per heavy atom. The van der Waals surface area contributed by atoms with E-state index >= 15 is 0 Å². The minimum absolute atomic E-state index is 0.0101. The summed E-state index contributed by atoms with van der Waals surface area (Å²) in [5.41, 5.74) is 1.74. The summed E-state index contributed by atoms with van der Waals surface area (Å²) < 4.78 is 1.63. The van der Waals surface area contributed by atoms with Crippen LogP contribution in [0.15, 0.2) is 4.79 Å². The summed E-state index contributed by atoms with van der Waals surface area (Å²) in [6, 6.07) is 0.129. The van der Waals surface area contributed by atoms with Gasteiger partial charge in [0.2, 0.25) is 5.91 Å². The molecule has 0 saturated heterocycles. The average Bonchev–Trinajstić information content (AvgIpc) is 2.56. The van der Waals surface area contributed by atoms with Gasteiger partial charge in [-0.15, -0.1) is 0 Å². The second kappa shape index (κ2) is 3.81. The summed E-state index contributed by atoms with van der Waals surface area (Å²) in [6.07, 6.45) is 0.740. The van der Waals surface area contributed by atoms with Gasteiger partial charge in [-0.25, -0.2) is 0 Å². The molecule has 16 heavy (non-hydrogen) atoms. The van der Waals surface area contributed by atoms with Gasteiger partial charge in [0.05, 0.1) is 12.1 Å². The van der Waals surface area contributed by atoms with Gasteiger partial charge < -0.3 is 4.90 Å². The number of hydrogen-bond donors (Lipinski definition) is 1. The van der Waals surface area contributed by atoms with Crippen molar-refractivity contribution < 1.29 is 4.79 Å². The van der Waals surface area contributed by atoms with Crippen LogP contribution in [-0.4, -0.2) is 27.1 Å². The second-order valence-electron chi connectivity index (χ2n) is 4.53. The first kappa shape index (κ1) is 11.0. The van der Waals surface area contributed by atoms with E-state index in [2.05, 4.69) is 5.10 Å². The highest BCUT2D eigenvalue weighted by Crippen LogP contribution is 2.15. The van der Waals surface area contributed by atoms with Crippen molar-refractivity contribution in [3.8, 4) is 0 Å². The molecule has 5 heteroatoms. The molecule has 0 radical (unpaired) electrons. The van der Waals surface area contributed by atoms with E-state index in [1.807, 2.05) is 13.8 Å². The van der Waals surface area contributed by atoms with E-state index in [1.54, 1.807) is 16.5 Å². The Morgan fingerprint density at radius 1 is 1.44 bits per heavy atom. The molecular weight excluding hydrogens is 206 g/mol. The van der Waals surface area contributed by atoms with Crippen molar-refractivity contribution in [2.45, 2.75) is 39.8 Å². The first-order chi connectivity index (χ1) is 7.50. The van der Waals surface area contributed by atoms with E-state index in [9.17, 15) is 9.59 Å². The van der Waals surface area contributed by atoms with E-state index in [1.165, 1.54) is 0 Å². The highest BCUT2D eigenvalue weighted by Gasteiger charge is 2.24. The number of carbonyl (C=O) groups is 1. The molecule has 2 heterocycles. The Morgan fingerprint density at radius 3 is 2.69 bits per heavy atom. The van der Waals surface area contributed by atoms with Crippen LogP contribution in [0, 0.1) is 0 Å². The molecule has 2 rings (SSSR count). The molecule has 88 valence electrons. The van der Waals surface area contributed by atoms with Crippen molar-refractivity contribution in [1.29, 1.82) is 0 Å². The van der Waals surface area contributed by atoms with Gasteiger partial charge in [-0.05, 0) is 13.8 Å². The Balaban J connectivity index is 2.39. The molecule has 1 aromatic rings. The number of aromatic amines is 1. The van der Waals surface area contributed by atoms with E-state index in [4.69, 9.17) is 0 Å². The van der Waals surface area contributed by atoms with Crippen LogP contribution in [0.2, 0.25) is 0 Å². The van der Waals surface area contributed by atoms with Crippen LogP contribution >= 0.6 is 0 Å². The lowest BCUT2D eigenvalue weighted by Crippen LogP contribution is -2.36. The first-order valence-corrected chi connectivity index (χ1v) is 5.58. The normalized spacial score (nSPS) is 15.4. The van der Waals surface area contributed by atoms with Crippen LogP contribution in [0.5, 0.6) is 0 Å². The molecule has 0 fully saturated rings. The van der Waals surface area contributed by atoms with Crippen LogP contribution in [0.4, 0.5) is 0 Å². The fourth-order valence-corrected chi connectivity index (χ4v) is 2.06. The first-order valence-electron chi connectivity index (χ1n) is 5.58. The van der Waals surface area contributed by atoms with E-state index < -0.39 is 0 Å². The Labute approximate surface area is 94.0 Å².